The maximum atomic E-state index is 13.5. The zero-order valence-corrected chi connectivity index (χ0v) is 27.2. The summed E-state index contributed by atoms with van der Waals surface area (Å²) in [5.74, 6) is -0.201. The molecule has 4 rings (SSSR count). The fraction of sp³-hybridized carbons (Fsp3) is 0.467. The van der Waals surface area contributed by atoms with E-state index in [0.717, 1.165) is 36.3 Å². The number of carbonyl (C=O) groups excluding carboxylic acids is 2. The molecule has 3 N–H and O–H groups in total. The molecular formula is C30H40ClFN8O2S. The minimum Gasteiger partial charge on any atom is -0.388 e. The van der Waals surface area contributed by atoms with Gasteiger partial charge in [-0.15, -0.1) is 3.89 Å². The van der Waals surface area contributed by atoms with Crippen LogP contribution in [0.5, 0.6) is 0 Å². The molecule has 3 heterocycles. The number of carbonyl (C=O) groups is 2. The molecule has 2 aromatic heterocycles. The Hall–Kier alpha value is -3.69. The van der Waals surface area contributed by atoms with Crippen molar-refractivity contribution in [3.8, 4) is 6.07 Å². The minimum atomic E-state index is -0.378. The van der Waals surface area contributed by atoms with Crippen molar-refractivity contribution < 1.29 is 13.5 Å². The Balaban J connectivity index is 0.000000451. The minimum absolute atomic E-state index is 0.0673. The number of rotatable bonds is 7. The number of aromatic nitrogens is 3. The zero-order chi connectivity index (χ0) is 32.3. The van der Waals surface area contributed by atoms with Crippen molar-refractivity contribution in [2.75, 3.05) is 25.5 Å². The molecular weight excluding hydrogens is 591 g/mol. The second kappa shape index (κ2) is 16.2. The van der Waals surface area contributed by atoms with E-state index >= 15 is 0 Å². The van der Waals surface area contributed by atoms with E-state index in [2.05, 4.69) is 26.7 Å². The van der Waals surface area contributed by atoms with Crippen LogP contribution in [0.15, 0.2) is 30.6 Å². The van der Waals surface area contributed by atoms with E-state index in [9.17, 15) is 13.5 Å². The second-order valence-corrected chi connectivity index (χ2v) is 11.8. The number of piperidine rings is 1. The third-order valence-corrected chi connectivity index (χ3v) is 7.73. The molecule has 10 nitrogen and oxygen atoms in total. The Morgan fingerprint density at radius 2 is 1.93 bits per heavy atom. The van der Waals surface area contributed by atoms with Crippen molar-refractivity contribution in [2.45, 2.75) is 60.4 Å². The highest BCUT2D eigenvalue weighted by atomic mass is 35.5. The number of hydrogen-bond acceptors (Lipinski definition) is 8. The Kier molecular flexibility index (Phi) is 13.4. The van der Waals surface area contributed by atoms with Gasteiger partial charge in [0.2, 0.25) is 6.41 Å². The standard InChI is InChI=1S/C21H24ClFN6OS.C7H10N2O.C2H6/c1-11(21(2,3)4)27-20(30)14-10-29(31-23)19-18(14)28-16(9-26-19)17(24)13-8-12(22)6-7-15(13)25-5;8-5-7-1-3-9(6-10)4-2-7;1-2/h6-11,24-25H,1-5H3,(H,27,30);6-7H,1-4H2;1-2H3/t11-;;/m0../s1. The zero-order valence-electron chi connectivity index (χ0n) is 25.7. The van der Waals surface area contributed by atoms with Gasteiger partial charge < -0.3 is 15.5 Å². The molecule has 1 atom stereocenters. The van der Waals surface area contributed by atoms with Gasteiger partial charge in [-0.2, -0.15) is 5.26 Å². The number of halogens is 2. The number of benzene rings is 1. The van der Waals surface area contributed by atoms with Gasteiger partial charge in [-0.25, -0.2) is 13.9 Å². The molecule has 3 aromatic rings. The van der Waals surface area contributed by atoms with Gasteiger partial charge in [0.05, 0.1) is 23.5 Å². The number of anilines is 1. The lowest BCUT2D eigenvalue weighted by Gasteiger charge is -2.27. The predicted molar refractivity (Wildman–Crippen MR) is 172 cm³/mol. The Labute approximate surface area is 262 Å². The van der Waals surface area contributed by atoms with E-state index in [1.807, 2.05) is 41.5 Å². The van der Waals surface area contributed by atoms with Gasteiger partial charge in [-0.1, -0.05) is 46.2 Å². The van der Waals surface area contributed by atoms with E-state index in [1.54, 1.807) is 30.1 Å². The molecule has 0 bridgehead atoms. The van der Waals surface area contributed by atoms with Crippen LogP contribution in [0.25, 0.3) is 11.2 Å². The van der Waals surface area contributed by atoms with Gasteiger partial charge in [0, 0.05) is 54.6 Å². The summed E-state index contributed by atoms with van der Waals surface area (Å²) in [7, 11) is 1.74. The fourth-order valence-corrected chi connectivity index (χ4v) is 4.52. The molecule has 2 amide bonds. The molecule has 1 aliphatic heterocycles. The van der Waals surface area contributed by atoms with Crippen LogP contribution in [0.4, 0.5) is 9.57 Å². The average molecular weight is 631 g/mol. The molecule has 0 spiro atoms. The first-order valence-corrected chi connectivity index (χ1v) is 15.1. The summed E-state index contributed by atoms with van der Waals surface area (Å²) >= 11 is 6.05. The van der Waals surface area contributed by atoms with E-state index in [-0.39, 0.29) is 63.7 Å². The SMILES string of the molecule is CC.CNc1ccc(Cl)cc1C(=N)c1cnc2c(n1)c(C(=O)N[C@@H](C)C(C)(C)C)cn2SF.N#CC1CCN(C=O)CC1. The van der Waals surface area contributed by atoms with Crippen LogP contribution in [0, 0.1) is 28.1 Å². The molecule has 1 saturated heterocycles. The van der Waals surface area contributed by atoms with Crippen molar-refractivity contribution in [3.63, 3.8) is 0 Å². The van der Waals surface area contributed by atoms with Gasteiger partial charge in [0.1, 0.15) is 11.2 Å². The van der Waals surface area contributed by atoms with Gasteiger partial charge in [0.25, 0.3) is 5.91 Å². The Bertz CT molecular complexity index is 1460. The van der Waals surface area contributed by atoms with Crippen LogP contribution in [0.2, 0.25) is 5.02 Å². The first-order chi connectivity index (χ1) is 20.4. The number of fused-ring (bicyclic) bond motifs is 1. The van der Waals surface area contributed by atoms with Crippen LogP contribution in [-0.4, -0.2) is 63.0 Å². The van der Waals surface area contributed by atoms with Crippen LogP contribution < -0.4 is 10.6 Å². The van der Waals surface area contributed by atoms with Crippen molar-refractivity contribution in [2.24, 2.45) is 11.3 Å². The summed E-state index contributed by atoms with van der Waals surface area (Å²) < 4.78 is 14.6. The van der Waals surface area contributed by atoms with Gasteiger partial charge >= 0.3 is 0 Å². The third-order valence-electron chi connectivity index (χ3n) is 7.07. The van der Waals surface area contributed by atoms with E-state index in [0.29, 0.717) is 16.3 Å². The maximum absolute atomic E-state index is 13.5. The molecule has 0 unspecified atom stereocenters. The normalized spacial score (nSPS) is 13.9. The number of nitrogens with one attached hydrogen (secondary N) is 3. The van der Waals surface area contributed by atoms with Crippen LogP contribution >= 0.6 is 23.9 Å². The summed E-state index contributed by atoms with van der Waals surface area (Å²) in [5, 5.41) is 23.6. The Morgan fingerprint density at radius 3 is 2.47 bits per heavy atom. The van der Waals surface area contributed by atoms with Crippen molar-refractivity contribution in [1.29, 1.82) is 10.7 Å². The highest BCUT2D eigenvalue weighted by Crippen LogP contribution is 2.27. The fourth-order valence-electron chi connectivity index (χ4n) is 4.01. The molecule has 0 saturated carbocycles. The summed E-state index contributed by atoms with van der Waals surface area (Å²) in [4.78, 5) is 33.6. The number of nitrogens with zero attached hydrogens (tertiary/aromatic N) is 5. The lowest BCUT2D eigenvalue weighted by atomic mass is 9.88. The highest BCUT2D eigenvalue weighted by Gasteiger charge is 2.26. The smallest absolute Gasteiger partial charge is 0.255 e. The number of likely N-dealkylation sites (tertiary alicyclic amines) is 1. The number of nitriles is 1. The van der Waals surface area contributed by atoms with Gasteiger partial charge in [-0.05, 0) is 43.4 Å². The van der Waals surface area contributed by atoms with Crippen molar-refractivity contribution in [1.82, 2.24) is 24.2 Å². The molecule has 13 heteroatoms. The molecule has 232 valence electrons. The average Bonchev–Trinajstić information content (AvgIpc) is 3.39. The first kappa shape index (κ1) is 35.5. The first-order valence-electron chi connectivity index (χ1n) is 14.1. The molecule has 43 heavy (non-hydrogen) atoms. The lowest BCUT2D eigenvalue weighted by molar-refractivity contribution is -0.119. The highest BCUT2D eigenvalue weighted by molar-refractivity contribution is 7.92. The van der Waals surface area contributed by atoms with E-state index < -0.39 is 0 Å². The molecule has 0 aliphatic carbocycles. The molecule has 1 aromatic carbocycles. The summed E-state index contributed by atoms with van der Waals surface area (Å²) in [6.07, 6.45) is 5.29. The number of amides is 2. The largest absolute Gasteiger partial charge is 0.388 e. The maximum Gasteiger partial charge on any atom is 0.255 e. The summed E-state index contributed by atoms with van der Waals surface area (Å²) in [5.41, 5.74) is 2.02. The second-order valence-electron chi connectivity index (χ2n) is 10.8. The summed E-state index contributed by atoms with van der Waals surface area (Å²) in [6.45, 7) is 13.5. The third kappa shape index (κ3) is 9.15. The summed E-state index contributed by atoms with van der Waals surface area (Å²) in [6, 6.07) is 7.22. The quantitative estimate of drug-likeness (QED) is 0.200. The monoisotopic (exact) mass is 630 g/mol. The molecule has 1 fully saturated rings. The van der Waals surface area contributed by atoms with Crippen LogP contribution in [-0.2, 0) is 4.79 Å². The number of hydrogen-bond donors (Lipinski definition) is 3. The topological polar surface area (TPSA) is 140 Å². The van der Waals surface area contributed by atoms with Crippen molar-refractivity contribution >= 4 is 58.8 Å². The van der Waals surface area contributed by atoms with E-state index in [4.69, 9.17) is 22.3 Å². The van der Waals surface area contributed by atoms with Crippen molar-refractivity contribution in [3.05, 3.63) is 52.4 Å². The van der Waals surface area contributed by atoms with Crippen LogP contribution in [0.3, 0.4) is 0 Å². The van der Waals surface area contributed by atoms with E-state index in [1.165, 1.54) is 12.4 Å². The molecule has 1 aliphatic rings. The Morgan fingerprint density at radius 1 is 1.28 bits per heavy atom. The van der Waals surface area contributed by atoms with Gasteiger partial charge in [-0.3, -0.25) is 15.0 Å². The lowest BCUT2D eigenvalue weighted by Crippen LogP contribution is -2.41. The van der Waals surface area contributed by atoms with Crippen LogP contribution in [0.1, 0.15) is 76.0 Å². The predicted octanol–water partition coefficient (Wildman–Crippen LogP) is 6.49. The van der Waals surface area contributed by atoms with Gasteiger partial charge in [0.15, 0.2) is 18.0 Å². The molecule has 0 radical (unpaired) electrons.